The Hall–Kier alpha value is -0.280. The molecule has 19 heavy (non-hydrogen) atoms. The zero-order chi connectivity index (χ0) is 13.1. The number of carbonyl (C=O) groups excluding carboxylic acids is 1. The summed E-state index contributed by atoms with van der Waals surface area (Å²) in [4.78, 5) is 12.3. The molecular formula is C15H29ClN2O. The number of halogens is 1. The van der Waals surface area contributed by atoms with Crippen LogP contribution in [0.2, 0.25) is 0 Å². The molecule has 0 aromatic carbocycles. The number of hydrogen-bond donors (Lipinski definition) is 2. The van der Waals surface area contributed by atoms with Crippen molar-refractivity contribution in [1.82, 2.24) is 5.32 Å². The van der Waals surface area contributed by atoms with Gasteiger partial charge in [-0.15, -0.1) is 12.4 Å². The first-order valence-corrected chi connectivity index (χ1v) is 7.67. The Bertz CT molecular complexity index is 297. The van der Waals surface area contributed by atoms with Crippen LogP contribution in [0.5, 0.6) is 0 Å². The normalized spacial score (nSPS) is 23.9. The second kappa shape index (κ2) is 6.94. The molecule has 1 amide bonds. The van der Waals surface area contributed by atoms with Gasteiger partial charge in [0.05, 0.1) is 5.54 Å². The van der Waals surface area contributed by atoms with E-state index in [0.717, 1.165) is 32.2 Å². The lowest BCUT2D eigenvalue weighted by atomic mass is 9.66. The summed E-state index contributed by atoms with van der Waals surface area (Å²) < 4.78 is 0. The van der Waals surface area contributed by atoms with Crippen LogP contribution in [0.25, 0.3) is 0 Å². The molecule has 0 saturated heterocycles. The maximum Gasteiger partial charge on any atom is 0.240 e. The van der Waals surface area contributed by atoms with Gasteiger partial charge in [0.15, 0.2) is 0 Å². The Morgan fingerprint density at radius 2 is 1.74 bits per heavy atom. The van der Waals surface area contributed by atoms with E-state index in [-0.39, 0.29) is 18.3 Å². The van der Waals surface area contributed by atoms with Crippen LogP contribution in [0.4, 0.5) is 0 Å². The van der Waals surface area contributed by atoms with Crippen molar-refractivity contribution in [2.45, 2.75) is 76.7 Å². The fraction of sp³-hybridized carbons (Fsp3) is 0.933. The summed E-state index contributed by atoms with van der Waals surface area (Å²) in [6.45, 7) is 3.08. The lowest BCUT2D eigenvalue weighted by molar-refractivity contribution is -0.128. The van der Waals surface area contributed by atoms with E-state index in [9.17, 15) is 4.79 Å². The molecule has 3 N–H and O–H groups in total. The van der Waals surface area contributed by atoms with E-state index in [2.05, 4.69) is 12.2 Å². The summed E-state index contributed by atoms with van der Waals surface area (Å²) in [6.07, 6.45) is 11.5. The van der Waals surface area contributed by atoms with Crippen molar-refractivity contribution in [2.24, 2.45) is 11.1 Å². The van der Waals surface area contributed by atoms with E-state index < -0.39 is 5.54 Å². The Morgan fingerprint density at radius 3 is 2.21 bits per heavy atom. The summed E-state index contributed by atoms with van der Waals surface area (Å²) in [5, 5.41) is 3.16. The highest BCUT2D eigenvalue weighted by Crippen LogP contribution is 2.44. The van der Waals surface area contributed by atoms with Crippen LogP contribution in [-0.4, -0.2) is 18.0 Å². The number of hydrogen-bond acceptors (Lipinski definition) is 2. The van der Waals surface area contributed by atoms with E-state index in [1.54, 1.807) is 0 Å². The highest BCUT2D eigenvalue weighted by Gasteiger charge is 2.39. The molecule has 2 fully saturated rings. The van der Waals surface area contributed by atoms with Gasteiger partial charge in [0.1, 0.15) is 0 Å². The van der Waals surface area contributed by atoms with E-state index in [1.165, 1.54) is 38.5 Å². The molecule has 2 aliphatic carbocycles. The predicted octanol–water partition coefficient (Wildman–Crippen LogP) is 3.16. The smallest absolute Gasteiger partial charge is 0.240 e. The van der Waals surface area contributed by atoms with Gasteiger partial charge in [-0.05, 0) is 37.5 Å². The van der Waals surface area contributed by atoms with E-state index in [0.29, 0.717) is 5.41 Å². The van der Waals surface area contributed by atoms with Crippen molar-refractivity contribution in [3.63, 3.8) is 0 Å². The molecule has 0 aromatic rings. The van der Waals surface area contributed by atoms with Gasteiger partial charge in [-0.3, -0.25) is 4.79 Å². The standard InChI is InChI=1S/C15H28N2O.ClH/c1-2-7-14(8-6-9-14)12-17-13(18)15(16)10-4-3-5-11-15;/h2-12,16H2,1H3,(H,17,18);1H. The average molecular weight is 289 g/mol. The first-order valence-electron chi connectivity index (χ1n) is 7.67. The minimum atomic E-state index is -0.574. The van der Waals surface area contributed by atoms with Gasteiger partial charge in [-0.1, -0.05) is 39.0 Å². The average Bonchev–Trinajstić information content (AvgIpc) is 2.33. The van der Waals surface area contributed by atoms with Crippen LogP contribution >= 0.6 is 12.4 Å². The van der Waals surface area contributed by atoms with Crippen LogP contribution in [-0.2, 0) is 4.79 Å². The Morgan fingerprint density at radius 1 is 1.11 bits per heavy atom. The molecule has 2 saturated carbocycles. The third kappa shape index (κ3) is 3.85. The molecule has 3 nitrogen and oxygen atoms in total. The predicted molar refractivity (Wildman–Crippen MR) is 81.5 cm³/mol. The highest BCUT2D eigenvalue weighted by molar-refractivity contribution is 5.86. The monoisotopic (exact) mass is 288 g/mol. The fourth-order valence-corrected chi connectivity index (χ4v) is 3.58. The highest BCUT2D eigenvalue weighted by atomic mass is 35.5. The quantitative estimate of drug-likeness (QED) is 0.816. The molecule has 0 bridgehead atoms. The summed E-state index contributed by atoms with van der Waals surface area (Å²) in [5.74, 6) is 0.101. The maximum absolute atomic E-state index is 12.3. The summed E-state index contributed by atoms with van der Waals surface area (Å²) in [7, 11) is 0. The van der Waals surface area contributed by atoms with Crippen LogP contribution in [0, 0.1) is 5.41 Å². The number of rotatable bonds is 5. The largest absolute Gasteiger partial charge is 0.354 e. The summed E-state index contributed by atoms with van der Waals surface area (Å²) in [6, 6.07) is 0. The molecule has 2 aliphatic rings. The second-order valence-electron chi connectivity index (χ2n) is 6.50. The van der Waals surface area contributed by atoms with Gasteiger partial charge in [0.2, 0.25) is 5.91 Å². The molecule has 0 aliphatic heterocycles. The van der Waals surface area contributed by atoms with Gasteiger partial charge >= 0.3 is 0 Å². The van der Waals surface area contributed by atoms with Crippen molar-refractivity contribution in [1.29, 1.82) is 0 Å². The topological polar surface area (TPSA) is 55.1 Å². The molecular weight excluding hydrogens is 260 g/mol. The fourth-order valence-electron chi connectivity index (χ4n) is 3.58. The lowest BCUT2D eigenvalue weighted by Gasteiger charge is -2.43. The second-order valence-corrected chi connectivity index (χ2v) is 6.50. The lowest BCUT2D eigenvalue weighted by Crippen LogP contribution is -2.57. The minimum Gasteiger partial charge on any atom is -0.354 e. The Balaban J connectivity index is 0.00000180. The van der Waals surface area contributed by atoms with Crippen LogP contribution in [0.1, 0.15) is 71.1 Å². The van der Waals surface area contributed by atoms with Crippen molar-refractivity contribution in [2.75, 3.05) is 6.54 Å². The molecule has 0 unspecified atom stereocenters. The van der Waals surface area contributed by atoms with Crippen LogP contribution < -0.4 is 11.1 Å². The van der Waals surface area contributed by atoms with Gasteiger partial charge < -0.3 is 11.1 Å². The first kappa shape index (κ1) is 16.8. The van der Waals surface area contributed by atoms with Crippen molar-refractivity contribution < 1.29 is 4.79 Å². The van der Waals surface area contributed by atoms with Crippen molar-refractivity contribution in [3.8, 4) is 0 Å². The molecule has 0 atom stereocenters. The zero-order valence-electron chi connectivity index (χ0n) is 12.2. The van der Waals surface area contributed by atoms with Crippen molar-refractivity contribution in [3.05, 3.63) is 0 Å². The number of amides is 1. The van der Waals surface area contributed by atoms with Gasteiger partial charge in [0, 0.05) is 6.54 Å². The Labute approximate surface area is 123 Å². The molecule has 4 heteroatoms. The molecule has 0 heterocycles. The van der Waals surface area contributed by atoms with E-state index in [4.69, 9.17) is 5.73 Å². The molecule has 0 radical (unpaired) electrons. The number of nitrogens with two attached hydrogens (primary N) is 1. The third-order valence-corrected chi connectivity index (χ3v) is 5.02. The first-order chi connectivity index (χ1) is 8.60. The summed E-state index contributed by atoms with van der Waals surface area (Å²) in [5.41, 5.74) is 6.08. The SMILES string of the molecule is CCCC1(CNC(=O)C2(N)CCCCC2)CCC1.Cl. The zero-order valence-corrected chi connectivity index (χ0v) is 13.0. The van der Waals surface area contributed by atoms with Gasteiger partial charge in [-0.25, -0.2) is 0 Å². The van der Waals surface area contributed by atoms with Gasteiger partial charge in [-0.2, -0.15) is 0 Å². The number of carbonyl (C=O) groups is 1. The third-order valence-electron chi connectivity index (χ3n) is 5.02. The van der Waals surface area contributed by atoms with E-state index >= 15 is 0 Å². The molecule has 0 spiro atoms. The molecule has 112 valence electrons. The van der Waals surface area contributed by atoms with Crippen LogP contribution in [0.3, 0.4) is 0 Å². The van der Waals surface area contributed by atoms with Crippen LogP contribution in [0.15, 0.2) is 0 Å². The van der Waals surface area contributed by atoms with E-state index in [1.807, 2.05) is 0 Å². The van der Waals surface area contributed by atoms with Crippen molar-refractivity contribution >= 4 is 18.3 Å². The van der Waals surface area contributed by atoms with Gasteiger partial charge in [0.25, 0.3) is 0 Å². The Kier molecular flexibility index (Phi) is 6.13. The number of nitrogens with one attached hydrogen (secondary N) is 1. The molecule has 2 rings (SSSR count). The minimum absolute atomic E-state index is 0. The maximum atomic E-state index is 12.3. The summed E-state index contributed by atoms with van der Waals surface area (Å²) >= 11 is 0. The molecule has 0 aromatic heterocycles.